The van der Waals surface area contributed by atoms with Crippen molar-refractivity contribution >= 4 is 11.8 Å². The molecule has 2 atom stereocenters. The molecular weight excluding hydrogens is 328 g/mol. The number of hydrogen-bond acceptors (Lipinski definition) is 3. The third-order valence-corrected chi connectivity index (χ3v) is 6.31. The molecule has 4 nitrogen and oxygen atoms in total. The zero-order chi connectivity index (χ0) is 18.6. The number of ketones is 1. The average Bonchev–Trinajstić information content (AvgIpc) is 2.96. The van der Waals surface area contributed by atoms with E-state index in [2.05, 4.69) is 12.1 Å². The Kier molecular flexibility index (Phi) is 6.13. The van der Waals surface area contributed by atoms with Gasteiger partial charge in [-0.3, -0.25) is 9.59 Å². The fourth-order valence-corrected chi connectivity index (χ4v) is 4.50. The van der Waals surface area contributed by atoms with Gasteiger partial charge in [0, 0.05) is 18.8 Å². The molecule has 26 heavy (non-hydrogen) atoms. The van der Waals surface area contributed by atoms with Crippen molar-refractivity contribution in [2.45, 2.75) is 82.1 Å². The first kappa shape index (κ1) is 19.1. The summed E-state index contributed by atoms with van der Waals surface area (Å²) in [6.07, 6.45) is 9.15. The van der Waals surface area contributed by atoms with Crippen molar-refractivity contribution in [3.8, 4) is 0 Å². The normalized spacial score (nSPS) is 24.4. The van der Waals surface area contributed by atoms with E-state index in [-0.39, 0.29) is 12.3 Å². The topological polar surface area (TPSA) is 74.6 Å². The Morgan fingerprint density at radius 1 is 1.08 bits per heavy atom. The van der Waals surface area contributed by atoms with Crippen LogP contribution in [0.25, 0.3) is 0 Å². The largest absolute Gasteiger partial charge is 0.481 e. The van der Waals surface area contributed by atoms with E-state index < -0.39 is 11.6 Å². The Bertz CT molecular complexity index is 630. The Hall–Kier alpha value is -1.68. The average molecular weight is 358 g/mol. The summed E-state index contributed by atoms with van der Waals surface area (Å²) in [6.45, 7) is 0. The summed E-state index contributed by atoms with van der Waals surface area (Å²) < 4.78 is 0. The molecule has 0 aromatic heterocycles. The standard InChI is InChI=1S/C22H30O4/c23-20-13-12-18(19(20)6-3-1-2-4-7-21(24)25)16-8-10-17(11-9-16)22(26)14-5-15-22/h8-11,18-19,26H,1-7,12-15H2,(H,24,25)/t18-,19-/m1/s1. The molecule has 2 aliphatic rings. The highest BCUT2D eigenvalue weighted by Gasteiger charge is 2.37. The highest BCUT2D eigenvalue weighted by molar-refractivity contribution is 5.84. The van der Waals surface area contributed by atoms with Gasteiger partial charge in [0.05, 0.1) is 5.60 Å². The summed E-state index contributed by atoms with van der Waals surface area (Å²) in [5, 5.41) is 19.1. The lowest BCUT2D eigenvalue weighted by Crippen LogP contribution is -2.33. The second-order valence-electron chi connectivity index (χ2n) is 8.07. The Morgan fingerprint density at radius 2 is 1.77 bits per heavy atom. The van der Waals surface area contributed by atoms with Crippen molar-refractivity contribution in [1.29, 1.82) is 0 Å². The maximum Gasteiger partial charge on any atom is 0.303 e. The first-order chi connectivity index (χ1) is 12.5. The van der Waals surface area contributed by atoms with Gasteiger partial charge in [-0.25, -0.2) is 0 Å². The van der Waals surface area contributed by atoms with Gasteiger partial charge < -0.3 is 10.2 Å². The first-order valence-electron chi connectivity index (χ1n) is 10.1. The minimum atomic E-state index is -0.731. The van der Waals surface area contributed by atoms with Crippen molar-refractivity contribution in [2.24, 2.45) is 5.92 Å². The van der Waals surface area contributed by atoms with E-state index in [4.69, 9.17) is 5.11 Å². The molecule has 4 heteroatoms. The zero-order valence-corrected chi connectivity index (χ0v) is 15.5. The third kappa shape index (κ3) is 4.35. The molecule has 0 amide bonds. The van der Waals surface area contributed by atoms with Gasteiger partial charge in [-0.05, 0) is 55.6 Å². The summed E-state index contributed by atoms with van der Waals surface area (Å²) in [5.74, 6) is 0.0481. The van der Waals surface area contributed by atoms with Crippen LogP contribution < -0.4 is 0 Å². The smallest absolute Gasteiger partial charge is 0.303 e. The molecule has 0 unspecified atom stereocenters. The van der Waals surface area contributed by atoms with Crippen molar-refractivity contribution in [2.75, 3.05) is 0 Å². The number of aliphatic hydroxyl groups is 1. The lowest BCUT2D eigenvalue weighted by atomic mass is 9.74. The summed E-state index contributed by atoms with van der Waals surface area (Å²) >= 11 is 0. The molecule has 0 aliphatic heterocycles. The fourth-order valence-electron chi connectivity index (χ4n) is 4.50. The molecule has 0 saturated heterocycles. The van der Waals surface area contributed by atoms with Gasteiger partial charge in [-0.15, -0.1) is 0 Å². The highest BCUT2D eigenvalue weighted by Crippen LogP contribution is 2.43. The number of aliphatic carboxylic acids is 1. The van der Waals surface area contributed by atoms with E-state index in [1.165, 1.54) is 5.56 Å². The number of hydrogen-bond donors (Lipinski definition) is 2. The van der Waals surface area contributed by atoms with Gasteiger partial charge >= 0.3 is 5.97 Å². The van der Waals surface area contributed by atoms with Gasteiger partial charge in [-0.1, -0.05) is 43.5 Å². The predicted molar refractivity (Wildman–Crippen MR) is 100.0 cm³/mol. The molecule has 142 valence electrons. The molecule has 3 rings (SSSR count). The second-order valence-corrected chi connectivity index (χ2v) is 8.07. The molecule has 2 N–H and O–H groups in total. The SMILES string of the molecule is O=C(O)CCCCCC[C@H]1C(=O)CC[C@@H]1c1ccc(C2(O)CCC2)cc1. The molecule has 2 saturated carbocycles. The van der Waals surface area contributed by atoms with Crippen LogP contribution in [0.4, 0.5) is 0 Å². The van der Waals surface area contributed by atoms with E-state index in [1.807, 2.05) is 12.1 Å². The molecular formula is C22H30O4. The minimum absolute atomic E-state index is 0.104. The van der Waals surface area contributed by atoms with E-state index >= 15 is 0 Å². The summed E-state index contributed by atoms with van der Waals surface area (Å²) in [4.78, 5) is 22.9. The zero-order valence-electron chi connectivity index (χ0n) is 15.5. The number of carbonyl (C=O) groups is 2. The maximum absolute atomic E-state index is 12.3. The molecule has 1 aromatic carbocycles. The van der Waals surface area contributed by atoms with E-state index in [0.717, 1.165) is 63.4 Å². The van der Waals surface area contributed by atoms with Gasteiger partial charge in [0.25, 0.3) is 0 Å². The lowest BCUT2D eigenvalue weighted by molar-refractivity contribution is -0.137. The minimum Gasteiger partial charge on any atom is -0.481 e. The van der Waals surface area contributed by atoms with Crippen molar-refractivity contribution in [3.63, 3.8) is 0 Å². The Morgan fingerprint density at radius 3 is 2.38 bits per heavy atom. The number of unbranched alkanes of at least 4 members (excludes halogenated alkanes) is 3. The molecule has 2 aliphatic carbocycles. The monoisotopic (exact) mass is 358 g/mol. The number of Topliss-reactive ketones (excluding diaryl/α,β-unsaturated/α-hetero) is 1. The predicted octanol–water partition coefficient (Wildman–Crippen LogP) is 4.55. The number of carboxylic acid groups (broad SMARTS) is 1. The number of benzene rings is 1. The van der Waals surface area contributed by atoms with Crippen LogP contribution >= 0.6 is 0 Å². The van der Waals surface area contributed by atoms with Crippen LogP contribution in [-0.2, 0) is 15.2 Å². The summed E-state index contributed by atoms with van der Waals surface area (Å²) in [5.41, 5.74) is 1.60. The van der Waals surface area contributed by atoms with Gasteiger partial charge in [0.15, 0.2) is 0 Å². The fraction of sp³-hybridized carbons (Fsp3) is 0.636. The maximum atomic E-state index is 12.3. The van der Waals surface area contributed by atoms with Crippen LogP contribution in [0.15, 0.2) is 24.3 Å². The van der Waals surface area contributed by atoms with Gasteiger partial charge in [-0.2, -0.15) is 0 Å². The van der Waals surface area contributed by atoms with E-state index in [1.54, 1.807) is 0 Å². The first-order valence-corrected chi connectivity index (χ1v) is 10.1. The van der Waals surface area contributed by atoms with Gasteiger partial charge in [0.2, 0.25) is 0 Å². The quantitative estimate of drug-likeness (QED) is 0.635. The molecule has 0 bridgehead atoms. The second kappa shape index (κ2) is 8.34. The summed E-state index contributed by atoms with van der Waals surface area (Å²) in [6, 6.07) is 8.30. The lowest BCUT2D eigenvalue weighted by Gasteiger charge is -2.37. The Labute approximate surface area is 155 Å². The van der Waals surface area contributed by atoms with Crippen LogP contribution in [0.5, 0.6) is 0 Å². The molecule has 0 spiro atoms. The molecule has 0 radical (unpaired) electrons. The van der Waals surface area contributed by atoms with E-state index in [9.17, 15) is 14.7 Å². The van der Waals surface area contributed by atoms with Crippen molar-refractivity contribution < 1.29 is 19.8 Å². The van der Waals surface area contributed by atoms with Crippen LogP contribution in [0.1, 0.15) is 87.7 Å². The highest BCUT2D eigenvalue weighted by atomic mass is 16.4. The number of rotatable bonds is 9. The van der Waals surface area contributed by atoms with Crippen LogP contribution in [0.3, 0.4) is 0 Å². The Balaban J connectivity index is 1.53. The summed E-state index contributed by atoms with van der Waals surface area (Å²) in [7, 11) is 0. The molecule has 2 fully saturated rings. The van der Waals surface area contributed by atoms with Crippen LogP contribution in [-0.4, -0.2) is 22.0 Å². The van der Waals surface area contributed by atoms with Gasteiger partial charge in [0.1, 0.15) is 5.78 Å². The van der Waals surface area contributed by atoms with Crippen molar-refractivity contribution in [1.82, 2.24) is 0 Å². The number of carboxylic acids is 1. The van der Waals surface area contributed by atoms with Crippen LogP contribution in [0, 0.1) is 5.92 Å². The number of carbonyl (C=O) groups excluding carboxylic acids is 1. The van der Waals surface area contributed by atoms with Crippen molar-refractivity contribution in [3.05, 3.63) is 35.4 Å². The van der Waals surface area contributed by atoms with E-state index in [0.29, 0.717) is 18.1 Å². The third-order valence-electron chi connectivity index (χ3n) is 6.31. The molecule has 1 aromatic rings. The molecule has 0 heterocycles. The van der Waals surface area contributed by atoms with Crippen LogP contribution in [0.2, 0.25) is 0 Å².